The number of aromatic nitrogens is 3. The summed E-state index contributed by atoms with van der Waals surface area (Å²) in [7, 11) is 0. The van der Waals surface area contributed by atoms with E-state index in [2.05, 4.69) is 15.3 Å². The van der Waals surface area contributed by atoms with Gasteiger partial charge >= 0.3 is 6.09 Å². The molecule has 1 aromatic carbocycles. The number of anilines is 2. The van der Waals surface area contributed by atoms with Crippen molar-refractivity contribution in [2.75, 3.05) is 55.7 Å². The van der Waals surface area contributed by atoms with Crippen LogP contribution in [0.1, 0.15) is 10.5 Å². The van der Waals surface area contributed by atoms with E-state index >= 15 is 0 Å². The molecule has 0 spiro atoms. The fourth-order valence-electron chi connectivity index (χ4n) is 4.24. The zero-order valence-corrected chi connectivity index (χ0v) is 19.2. The van der Waals surface area contributed by atoms with Gasteiger partial charge in [0.05, 0.1) is 31.1 Å². The van der Waals surface area contributed by atoms with Crippen LogP contribution in [-0.2, 0) is 9.53 Å². The molecule has 0 unspecified atom stereocenters. The third kappa shape index (κ3) is 4.64. The third-order valence-electron chi connectivity index (χ3n) is 6.16. The summed E-state index contributed by atoms with van der Waals surface area (Å²) in [6.07, 6.45) is 3.58. The van der Waals surface area contributed by atoms with Gasteiger partial charge in [0, 0.05) is 44.8 Å². The first-order valence-corrected chi connectivity index (χ1v) is 11.4. The predicted octanol–water partition coefficient (Wildman–Crippen LogP) is 0.265. The topological polar surface area (TPSA) is 133 Å². The molecule has 2 fully saturated rings. The molecule has 0 radical (unpaired) electrons. The second-order valence-corrected chi connectivity index (χ2v) is 8.44. The van der Waals surface area contributed by atoms with Gasteiger partial charge in [-0.05, 0) is 24.3 Å². The predicted molar refractivity (Wildman–Crippen MR) is 125 cm³/mol. The minimum atomic E-state index is -0.632. The van der Waals surface area contributed by atoms with Crippen molar-refractivity contribution in [3.63, 3.8) is 0 Å². The van der Waals surface area contributed by atoms with E-state index in [1.54, 1.807) is 46.1 Å². The Morgan fingerprint density at radius 1 is 1.22 bits per heavy atom. The van der Waals surface area contributed by atoms with E-state index in [4.69, 9.17) is 4.74 Å². The zero-order chi connectivity index (χ0) is 25.2. The lowest BCUT2D eigenvalue weighted by atomic mass is 10.2. The van der Waals surface area contributed by atoms with Crippen LogP contribution in [0.2, 0.25) is 0 Å². The largest absolute Gasteiger partial charge is 0.441 e. The van der Waals surface area contributed by atoms with Crippen LogP contribution in [0.5, 0.6) is 0 Å². The van der Waals surface area contributed by atoms with E-state index in [-0.39, 0.29) is 31.3 Å². The van der Waals surface area contributed by atoms with E-state index in [0.29, 0.717) is 43.3 Å². The highest BCUT2D eigenvalue weighted by Gasteiger charge is 2.32. The molecule has 2 aliphatic heterocycles. The van der Waals surface area contributed by atoms with Gasteiger partial charge in [-0.3, -0.25) is 18.9 Å². The summed E-state index contributed by atoms with van der Waals surface area (Å²) in [6, 6.07) is 6.20. The van der Waals surface area contributed by atoms with Gasteiger partial charge in [-0.25, -0.2) is 19.2 Å². The number of aliphatic hydroxyl groups excluding tert-OH is 1. The lowest BCUT2D eigenvalue weighted by Gasteiger charge is -2.36. The van der Waals surface area contributed by atoms with Gasteiger partial charge in [0.15, 0.2) is 0 Å². The summed E-state index contributed by atoms with van der Waals surface area (Å²) in [6.45, 7) is 1.23. The molecular weight excluding hydrogens is 473 g/mol. The first kappa shape index (κ1) is 23.5. The summed E-state index contributed by atoms with van der Waals surface area (Å²) in [5.74, 6) is -0.824. The normalized spacial score (nSPS) is 18.0. The highest BCUT2D eigenvalue weighted by atomic mass is 19.1. The number of cyclic esters (lactones) is 1. The Bertz CT molecular complexity index is 1270. The number of benzene rings is 1. The van der Waals surface area contributed by atoms with Gasteiger partial charge in [-0.1, -0.05) is 0 Å². The molecule has 3 amide bonds. The molecule has 2 aromatic heterocycles. The number of rotatable bonds is 6. The quantitative estimate of drug-likeness (QED) is 0.496. The number of imidazole rings is 1. The van der Waals surface area contributed by atoms with Gasteiger partial charge in [-0.15, -0.1) is 0 Å². The molecule has 13 heteroatoms. The van der Waals surface area contributed by atoms with Crippen molar-refractivity contribution in [2.45, 2.75) is 6.10 Å². The molecule has 36 heavy (non-hydrogen) atoms. The van der Waals surface area contributed by atoms with Crippen molar-refractivity contribution in [1.82, 2.24) is 24.6 Å². The molecule has 0 saturated carbocycles. The number of halogens is 1. The Balaban J connectivity index is 1.13. The Labute approximate surface area is 204 Å². The Morgan fingerprint density at radius 3 is 2.72 bits per heavy atom. The van der Waals surface area contributed by atoms with Crippen molar-refractivity contribution in [2.24, 2.45) is 0 Å². The van der Waals surface area contributed by atoms with Gasteiger partial charge in [0.25, 0.3) is 5.91 Å². The van der Waals surface area contributed by atoms with E-state index in [9.17, 15) is 23.9 Å². The van der Waals surface area contributed by atoms with Crippen LogP contribution >= 0.6 is 0 Å². The number of piperazine rings is 1. The van der Waals surface area contributed by atoms with E-state index in [0.717, 1.165) is 0 Å². The smallest absolute Gasteiger partial charge is 0.414 e. The number of fused-ring (bicyclic) bond motifs is 1. The van der Waals surface area contributed by atoms with Crippen molar-refractivity contribution in [3.05, 3.63) is 54.4 Å². The second kappa shape index (κ2) is 9.77. The molecule has 2 N–H and O–H groups in total. The fraction of sp³-hybridized carbons (Fsp3) is 0.348. The van der Waals surface area contributed by atoms with Gasteiger partial charge in [-0.2, -0.15) is 0 Å². The van der Waals surface area contributed by atoms with Crippen LogP contribution in [0.15, 0.2) is 42.9 Å². The Kier molecular flexibility index (Phi) is 6.38. The van der Waals surface area contributed by atoms with Crippen molar-refractivity contribution in [1.29, 1.82) is 0 Å². The molecule has 0 bridgehead atoms. The van der Waals surface area contributed by atoms with Crippen LogP contribution in [0.3, 0.4) is 0 Å². The zero-order valence-electron chi connectivity index (χ0n) is 19.2. The van der Waals surface area contributed by atoms with E-state index < -0.39 is 23.9 Å². The number of carbonyl (C=O) groups is 3. The minimum Gasteiger partial charge on any atom is -0.441 e. The summed E-state index contributed by atoms with van der Waals surface area (Å²) in [4.78, 5) is 49.8. The highest BCUT2D eigenvalue weighted by Crippen LogP contribution is 2.28. The summed E-state index contributed by atoms with van der Waals surface area (Å²) in [5, 5.41) is 11.8. The number of nitrogens with zero attached hydrogens (tertiary/aromatic N) is 6. The average Bonchev–Trinajstić information content (AvgIpc) is 3.50. The highest BCUT2D eigenvalue weighted by molar-refractivity contribution is 5.95. The molecule has 5 rings (SSSR count). The molecule has 4 heterocycles. The molecule has 1 atom stereocenters. The first-order chi connectivity index (χ1) is 17.4. The maximum absolute atomic E-state index is 14.9. The van der Waals surface area contributed by atoms with Crippen LogP contribution in [0, 0.1) is 5.82 Å². The van der Waals surface area contributed by atoms with Gasteiger partial charge in [0.1, 0.15) is 17.6 Å². The maximum atomic E-state index is 14.9. The van der Waals surface area contributed by atoms with E-state index in [1.165, 1.54) is 11.0 Å². The van der Waals surface area contributed by atoms with E-state index in [1.807, 2.05) is 4.90 Å². The number of hydrogen-bond acceptors (Lipinski definition) is 8. The summed E-state index contributed by atoms with van der Waals surface area (Å²) >= 11 is 0. The molecule has 2 saturated heterocycles. The van der Waals surface area contributed by atoms with Crippen LogP contribution in [0.4, 0.5) is 20.6 Å². The molecule has 12 nitrogen and oxygen atoms in total. The molecule has 0 aliphatic carbocycles. The summed E-state index contributed by atoms with van der Waals surface area (Å²) < 4.78 is 21.5. The number of amides is 3. The third-order valence-corrected chi connectivity index (χ3v) is 6.16. The molecule has 188 valence electrons. The summed E-state index contributed by atoms with van der Waals surface area (Å²) in [5.41, 5.74) is 0.883. The van der Waals surface area contributed by atoms with Gasteiger partial charge < -0.3 is 25.0 Å². The van der Waals surface area contributed by atoms with Crippen LogP contribution in [-0.4, -0.2) is 94.3 Å². The number of carbonyl (C=O) groups excluding carboxylic acids is 3. The lowest BCUT2D eigenvalue weighted by Crippen LogP contribution is -2.51. The average molecular weight is 497 g/mol. The maximum Gasteiger partial charge on any atom is 0.414 e. The molecule has 2 aliphatic rings. The number of hydrogen-bond donors (Lipinski definition) is 2. The molecule has 3 aromatic rings. The Hall–Kier alpha value is -4.26. The lowest BCUT2D eigenvalue weighted by molar-refractivity contribution is -0.130. The second-order valence-electron chi connectivity index (χ2n) is 8.44. The monoisotopic (exact) mass is 497 g/mol. The number of aliphatic hydroxyl groups is 1. The fourth-order valence-corrected chi connectivity index (χ4v) is 4.24. The van der Waals surface area contributed by atoms with Crippen molar-refractivity contribution < 1.29 is 28.6 Å². The minimum absolute atomic E-state index is 0.152. The van der Waals surface area contributed by atoms with Crippen LogP contribution < -0.4 is 15.1 Å². The van der Waals surface area contributed by atoms with Crippen LogP contribution in [0.25, 0.3) is 5.78 Å². The number of nitrogens with one attached hydrogen (secondary N) is 1. The molecular formula is C23H24FN7O5. The van der Waals surface area contributed by atoms with Crippen molar-refractivity contribution >= 4 is 35.1 Å². The Morgan fingerprint density at radius 2 is 2.03 bits per heavy atom. The standard InChI is InChI=1S/C23H24FN7O5/c24-17-10-15(31-12-16(14-32)36-23(31)35)2-3-19(17)28-6-8-29(9-7-28)20(33)11-26-21(34)18-13-30-5-1-4-25-22(30)27-18/h1-5,10,13,16,32H,6-9,11-12,14H2,(H,26,34)/t16-/m1/s1. The first-order valence-electron chi connectivity index (χ1n) is 11.4. The van der Waals surface area contributed by atoms with Gasteiger partial charge in [0.2, 0.25) is 11.7 Å². The van der Waals surface area contributed by atoms with Crippen molar-refractivity contribution in [3.8, 4) is 0 Å². The SMILES string of the molecule is O=C(NCC(=O)N1CCN(c2ccc(N3C[C@H](CO)OC3=O)cc2F)CC1)c1cn2cccnc2n1. The number of ether oxygens (including phenoxy) is 1.